The number of H-pyrrole nitrogens is 1. The number of anilines is 1. The topological polar surface area (TPSA) is 61.3 Å². The van der Waals surface area contributed by atoms with Crippen molar-refractivity contribution in [3.8, 4) is 17.6 Å². The van der Waals surface area contributed by atoms with Crippen molar-refractivity contribution in [1.29, 1.82) is 5.26 Å². The van der Waals surface area contributed by atoms with Gasteiger partial charge in [0.05, 0.1) is 5.69 Å². The molecule has 152 valence electrons. The highest BCUT2D eigenvalue weighted by Crippen LogP contribution is 2.41. The molecule has 2 aromatic carbocycles. The number of hydrogen-bond donors (Lipinski definition) is 1. The summed E-state index contributed by atoms with van der Waals surface area (Å²) in [4.78, 5) is 5.53. The van der Waals surface area contributed by atoms with Crippen LogP contribution in [-0.4, -0.2) is 24.2 Å². The summed E-state index contributed by atoms with van der Waals surface area (Å²) < 4.78 is 11.6. The second kappa shape index (κ2) is 7.97. The Kier molecular flexibility index (Phi) is 5.02. The highest BCUT2D eigenvalue weighted by atomic mass is 35.5. The normalized spacial score (nSPS) is 20.3. The third-order valence-electron chi connectivity index (χ3n) is 5.85. The fourth-order valence-electron chi connectivity index (χ4n) is 4.23. The molecule has 2 aliphatic heterocycles. The van der Waals surface area contributed by atoms with Crippen molar-refractivity contribution < 1.29 is 9.47 Å². The first-order chi connectivity index (χ1) is 14.7. The Morgan fingerprint density at radius 2 is 2.20 bits per heavy atom. The molecule has 0 amide bonds. The van der Waals surface area contributed by atoms with E-state index in [1.165, 1.54) is 10.9 Å². The number of benzene rings is 2. The van der Waals surface area contributed by atoms with Crippen LogP contribution >= 0.6 is 11.6 Å². The average molecular weight is 420 g/mol. The molecule has 0 saturated heterocycles. The van der Waals surface area contributed by atoms with Crippen LogP contribution in [0.3, 0.4) is 0 Å². The largest absolute Gasteiger partial charge is 0.482 e. The van der Waals surface area contributed by atoms with E-state index in [0.717, 1.165) is 47.8 Å². The number of halogens is 1. The lowest BCUT2D eigenvalue weighted by Gasteiger charge is -2.31. The minimum absolute atomic E-state index is 0.260. The first-order valence-corrected chi connectivity index (χ1v) is 10.6. The molecular weight excluding hydrogens is 398 g/mol. The molecule has 0 radical (unpaired) electrons. The van der Waals surface area contributed by atoms with Gasteiger partial charge in [0.25, 0.3) is 0 Å². The lowest BCUT2D eigenvalue weighted by atomic mass is 9.94. The molecular formula is C24H22ClN3O2. The summed E-state index contributed by atoms with van der Waals surface area (Å²) in [6.07, 6.45) is 9.21. The van der Waals surface area contributed by atoms with Crippen molar-refractivity contribution in [2.24, 2.45) is 5.92 Å². The molecule has 0 bridgehead atoms. The highest BCUT2D eigenvalue weighted by molar-refractivity contribution is 6.31. The van der Waals surface area contributed by atoms with Crippen molar-refractivity contribution in [3.63, 3.8) is 0 Å². The molecule has 1 aromatic heterocycles. The van der Waals surface area contributed by atoms with Gasteiger partial charge in [0.15, 0.2) is 11.5 Å². The molecule has 2 aliphatic rings. The summed E-state index contributed by atoms with van der Waals surface area (Å²) in [5, 5.41) is 11.1. The zero-order valence-electron chi connectivity index (χ0n) is 16.5. The van der Waals surface area contributed by atoms with E-state index in [1.54, 1.807) is 0 Å². The van der Waals surface area contributed by atoms with Crippen molar-refractivity contribution in [3.05, 3.63) is 65.5 Å². The standard InChI is InChI=1S/C24H22ClN3O2/c25-18-6-7-20-17(14-27-21(20)12-18)5-4-16-8-10-28(11-9-16)22-2-1-3-23-24(22)29-15-19(13-26)30-23/h1-3,6-8,10,12,14,16,19,27H,4-5,9,11,15H2. The number of para-hydroxylation sites is 1. The first kappa shape index (κ1) is 18.9. The van der Waals surface area contributed by atoms with Crippen LogP contribution in [0.4, 0.5) is 5.69 Å². The Bertz CT molecular complexity index is 1150. The summed E-state index contributed by atoms with van der Waals surface area (Å²) >= 11 is 6.08. The zero-order valence-corrected chi connectivity index (χ0v) is 17.2. The second-order valence-electron chi connectivity index (χ2n) is 7.78. The number of aromatic amines is 1. The Morgan fingerprint density at radius 3 is 3.03 bits per heavy atom. The average Bonchev–Trinajstić information content (AvgIpc) is 3.19. The first-order valence-electron chi connectivity index (χ1n) is 10.2. The summed E-state index contributed by atoms with van der Waals surface area (Å²) in [7, 11) is 0. The molecule has 3 aromatic rings. The lowest BCUT2D eigenvalue weighted by molar-refractivity contribution is 0.128. The van der Waals surface area contributed by atoms with E-state index in [2.05, 4.69) is 40.5 Å². The molecule has 2 atom stereocenters. The summed E-state index contributed by atoms with van der Waals surface area (Å²) in [6, 6.07) is 14.0. The van der Waals surface area contributed by atoms with Gasteiger partial charge in [-0.2, -0.15) is 5.26 Å². The molecule has 2 unspecified atom stereocenters. The summed E-state index contributed by atoms with van der Waals surface area (Å²) in [6.45, 7) is 1.18. The number of rotatable bonds is 4. The second-order valence-corrected chi connectivity index (χ2v) is 8.21. The Morgan fingerprint density at radius 1 is 1.27 bits per heavy atom. The van der Waals surface area contributed by atoms with Crippen LogP contribution in [0.2, 0.25) is 5.02 Å². The van der Waals surface area contributed by atoms with Gasteiger partial charge in [0.1, 0.15) is 12.7 Å². The van der Waals surface area contributed by atoms with Gasteiger partial charge in [-0.3, -0.25) is 0 Å². The fraction of sp³-hybridized carbons (Fsp3) is 0.292. The Balaban J connectivity index is 1.26. The smallest absolute Gasteiger partial charge is 0.218 e. The van der Waals surface area contributed by atoms with E-state index in [1.807, 2.05) is 30.3 Å². The maximum atomic E-state index is 9.07. The van der Waals surface area contributed by atoms with Gasteiger partial charge in [-0.25, -0.2) is 0 Å². The van der Waals surface area contributed by atoms with Crippen molar-refractivity contribution in [2.45, 2.75) is 25.4 Å². The number of hydrogen-bond acceptors (Lipinski definition) is 4. The molecule has 3 heterocycles. The molecule has 6 heteroatoms. The number of aryl methyl sites for hydroxylation is 1. The van der Waals surface area contributed by atoms with Crippen LogP contribution in [0.25, 0.3) is 10.9 Å². The third kappa shape index (κ3) is 3.59. The van der Waals surface area contributed by atoms with Crippen LogP contribution in [0.15, 0.2) is 54.9 Å². The number of allylic oxidation sites excluding steroid dienone is 1. The Hall–Kier alpha value is -3.10. The van der Waals surface area contributed by atoms with Crippen LogP contribution in [0, 0.1) is 17.2 Å². The molecule has 0 fully saturated rings. The van der Waals surface area contributed by atoms with E-state index >= 15 is 0 Å². The predicted octanol–water partition coefficient (Wildman–Crippen LogP) is 5.46. The minimum atomic E-state index is -0.547. The quantitative estimate of drug-likeness (QED) is 0.610. The number of fused-ring (bicyclic) bond motifs is 2. The van der Waals surface area contributed by atoms with Gasteiger partial charge in [-0.15, -0.1) is 0 Å². The molecule has 1 N–H and O–H groups in total. The maximum Gasteiger partial charge on any atom is 0.218 e. The monoisotopic (exact) mass is 419 g/mol. The van der Waals surface area contributed by atoms with Gasteiger partial charge in [0.2, 0.25) is 6.10 Å². The molecule has 0 spiro atoms. The van der Waals surface area contributed by atoms with Gasteiger partial charge in [-0.05, 0) is 55.0 Å². The van der Waals surface area contributed by atoms with Gasteiger partial charge < -0.3 is 19.4 Å². The van der Waals surface area contributed by atoms with E-state index in [9.17, 15) is 0 Å². The van der Waals surface area contributed by atoms with Crippen LogP contribution < -0.4 is 14.4 Å². The minimum Gasteiger partial charge on any atom is -0.482 e. The van der Waals surface area contributed by atoms with Crippen LogP contribution in [0.1, 0.15) is 18.4 Å². The molecule has 5 nitrogen and oxygen atoms in total. The fourth-order valence-corrected chi connectivity index (χ4v) is 4.40. The molecule has 30 heavy (non-hydrogen) atoms. The van der Waals surface area contributed by atoms with Crippen LogP contribution in [0.5, 0.6) is 11.5 Å². The lowest BCUT2D eigenvalue weighted by Crippen LogP contribution is -2.30. The van der Waals surface area contributed by atoms with Crippen molar-refractivity contribution in [1.82, 2.24) is 4.98 Å². The number of nitriles is 1. The zero-order chi connectivity index (χ0) is 20.5. The molecule has 5 rings (SSSR count). The number of aromatic nitrogens is 1. The number of nitrogens with one attached hydrogen (secondary N) is 1. The SMILES string of the molecule is N#CC1COc2c(cccc2N2C=CC(CCc3c[nH]c4cc(Cl)ccc34)CC2)O1. The summed E-state index contributed by atoms with van der Waals surface area (Å²) in [5.74, 6) is 1.91. The van der Waals surface area contributed by atoms with E-state index < -0.39 is 6.10 Å². The predicted molar refractivity (Wildman–Crippen MR) is 118 cm³/mol. The summed E-state index contributed by atoms with van der Waals surface area (Å²) in [5.41, 5.74) is 3.43. The van der Waals surface area contributed by atoms with E-state index in [0.29, 0.717) is 11.7 Å². The van der Waals surface area contributed by atoms with Gasteiger partial charge in [-0.1, -0.05) is 29.8 Å². The van der Waals surface area contributed by atoms with E-state index in [4.69, 9.17) is 26.3 Å². The van der Waals surface area contributed by atoms with Crippen molar-refractivity contribution in [2.75, 3.05) is 18.1 Å². The maximum absolute atomic E-state index is 9.07. The Labute approximate surface area is 180 Å². The number of ether oxygens (including phenoxy) is 2. The van der Waals surface area contributed by atoms with Crippen molar-refractivity contribution >= 4 is 28.2 Å². The van der Waals surface area contributed by atoms with Crippen LogP contribution in [-0.2, 0) is 6.42 Å². The van der Waals surface area contributed by atoms with E-state index in [-0.39, 0.29) is 6.61 Å². The van der Waals surface area contributed by atoms with Gasteiger partial charge in [0, 0.05) is 34.9 Å². The van der Waals surface area contributed by atoms with Gasteiger partial charge >= 0.3 is 0 Å². The third-order valence-corrected chi connectivity index (χ3v) is 6.09. The highest BCUT2D eigenvalue weighted by Gasteiger charge is 2.26. The number of nitrogens with zero attached hydrogens (tertiary/aromatic N) is 2. The molecule has 0 aliphatic carbocycles. The molecule has 0 saturated carbocycles.